The highest BCUT2D eigenvalue weighted by Gasteiger charge is 2.48. The molecule has 15 heteroatoms. The van der Waals surface area contributed by atoms with E-state index in [4.69, 9.17) is 9.47 Å². The average molecular weight is 745 g/mol. The summed E-state index contributed by atoms with van der Waals surface area (Å²) < 4.78 is 11.6. The number of amides is 6. The number of carbonyl (C=O) groups is 7. The van der Waals surface area contributed by atoms with Gasteiger partial charge in [0.05, 0.1) is 24.3 Å². The summed E-state index contributed by atoms with van der Waals surface area (Å²) in [6.07, 6.45) is -0.752. The summed E-state index contributed by atoms with van der Waals surface area (Å²) in [6.45, 7) is 17.2. The van der Waals surface area contributed by atoms with E-state index >= 15 is 0 Å². The fourth-order valence-electron chi connectivity index (χ4n) is 5.76. The molecule has 5 atom stereocenters. The van der Waals surface area contributed by atoms with Crippen molar-refractivity contribution in [1.29, 1.82) is 0 Å². The van der Waals surface area contributed by atoms with Crippen molar-refractivity contribution in [3.05, 3.63) is 35.9 Å². The molecule has 1 unspecified atom stereocenters. The minimum atomic E-state index is -1.28. The second kappa shape index (κ2) is 18.5. The largest absolute Gasteiger partial charge is 0.444 e. The maximum Gasteiger partial charge on any atom is 0.408 e. The van der Waals surface area contributed by atoms with E-state index in [1.54, 1.807) is 92.9 Å². The highest BCUT2D eigenvalue weighted by Crippen LogP contribution is 2.30. The van der Waals surface area contributed by atoms with Gasteiger partial charge in [0.15, 0.2) is 0 Å². The van der Waals surface area contributed by atoms with Crippen molar-refractivity contribution in [2.24, 2.45) is 5.41 Å². The van der Waals surface area contributed by atoms with Crippen LogP contribution in [0.5, 0.6) is 0 Å². The van der Waals surface area contributed by atoms with E-state index in [9.17, 15) is 33.6 Å². The predicted molar refractivity (Wildman–Crippen MR) is 198 cm³/mol. The number of nitrogens with one attached hydrogen (secondary N) is 4. The number of alkyl carbamates (subject to hydrolysis) is 1. The zero-order valence-electron chi connectivity index (χ0n) is 33.4. The molecule has 0 saturated carbocycles. The third-order valence-corrected chi connectivity index (χ3v) is 8.14. The van der Waals surface area contributed by atoms with Crippen LogP contribution >= 0.6 is 0 Å². The Morgan fingerprint density at radius 2 is 1.47 bits per heavy atom. The van der Waals surface area contributed by atoms with Crippen LogP contribution in [0.3, 0.4) is 0 Å². The Kier molecular flexibility index (Phi) is 15.6. The Morgan fingerprint density at radius 3 is 1.98 bits per heavy atom. The molecule has 1 aromatic carbocycles. The van der Waals surface area contributed by atoms with Gasteiger partial charge in [0.25, 0.3) is 5.91 Å². The summed E-state index contributed by atoms with van der Waals surface area (Å²) in [7, 11) is 3.10. The van der Waals surface area contributed by atoms with Gasteiger partial charge in [-0.2, -0.15) is 0 Å². The molecule has 53 heavy (non-hydrogen) atoms. The molecule has 0 spiro atoms. The molecule has 296 valence electrons. The molecule has 2 rings (SSSR count). The molecule has 4 N–H and O–H groups in total. The van der Waals surface area contributed by atoms with Crippen LogP contribution in [0.15, 0.2) is 30.3 Å². The van der Waals surface area contributed by atoms with Gasteiger partial charge in [0, 0.05) is 20.6 Å². The summed E-state index contributed by atoms with van der Waals surface area (Å²) in [6, 6.07) is 4.01. The molecule has 0 radical (unpaired) electrons. The third kappa shape index (κ3) is 13.8. The Balaban J connectivity index is 2.28. The second-order valence-electron chi connectivity index (χ2n) is 16.5. The minimum absolute atomic E-state index is 0.0912. The number of hydrogen-bond acceptors (Lipinski definition) is 9. The highest BCUT2D eigenvalue weighted by molar-refractivity contribution is 6.38. The minimum Gasteiger partial charge on any atom is -0.444 e. The number of nitrogens with zero attached hydrogens (tertiary/aromatic N) is 2. The van der Waals surface area contributed by atoms with Crippen molar-refractivity contribution in [2.75, 3.05) is 27.2 Å². The number of likely N-dealkylation sites (tertiary alicyclic amines) is 1. The molecule has 1 aromatic rings. The van der Waals surface area contributed by atoms with Gasteiger partial charge in [0.2, 0.25) is 29.4 Å². The SMILES string of the molecule is CCC[C@@H](NC(=O)[C@@H]1[C@@H](OC(C)(C)C)CCN1C(=O)[C@@H](NC(=O)OC(C)(C)C)C(C)(C)C)C(=O)C(=O)NCC(=O)NC(C(=O)N(C)C)c1ccccc1. The normalized spacial score (nSPS) is 17.8. The number of likely N-dealkylation sites (N-methyl/N-ethyl adjacent to an activating group) is 1. The topological polar surface area (TPSA) is 193 Å². The molecule has 1 saturated heterocycles. The Labute approximate surface area is 313 Å². The summed E-state index contributed by atoms with van der Waals surface area (Å²) >= 11 is 0. The van der Waals surface area contributed by atoms with Crippen molar-refractivity contribution >= 4 is 41.4 Å². The van der Waals surface area contributed by atoms with Crippen LogP contribution < -0.4 is 21.3 Å². The predicted octanol–water partition coefficient (Wildman–Crippen LogP) is 2.63. The molecular weight excluding hydrogens is 684 g/mol. The Morgan fingerprint density at radius 1 is 0.868 bits per heavy atom. The fourth-order valence-corrected chi connectivity index (χ4v) is 5.76. The summed E-state index contributed by atoms with van der Waals surface area (Å²) in [5.41, 5.74) is -1.76. The smallest absolute Gasteiger partial charge is 0.408 e. The van der Waals surface area contributed by atoms with Gasteiger partial charge in [-0.1, -0.05) is 64.4 Å². The first-order valence-corrected chi connectivity index (χ1v) is 18.0. The molecule has 1 aliphatic heterocycles. The lowest BCUT2D eigenvalue weighted by atomic mass is 9.85. The number of ketones is 1. The fraction of sp³-hybridized carbons (Fsp3) is 0.658. The lowest BCUT2D eigenvalue weighted by molar-refractivity contribution is -0.149. The molecule has 0 bridgehead atoms. The summed E-state index contributed by atoms with van der Waals surface area (Å²) in [5.74, 6) is -4.43. The monoisotopic (exact) mass is 744 g/mol. The average Bonchev–Trinajstić information content (AvgIpc) is 3.44. The van der Waals surface area contributed by atoms with E-state index in [0.29, 0.717) is 18.4 Å². The number of rotatable bonds is 14. The molecule has 0 aromatic heterocycles. The summed E-state index contributed by atoms with van der Waals surface area (Å²) in [5, 5.41) is 10.3. The van der Waals surface area contributed by atoms with E-state index in [2.05, 4.69) is 21.3 Å². The van der Waals surface area contributed by atoms with E-state index < -0.39 is 88.9 Å². The van der Waals surface area contributed by atoms with Crippen LogP contribution in [0.25, 0.3) is 0 Å². The maximum absolute atomic E-state index is 14.2. The van der Waals surface area contributed by atoms with Gasteiger partial charge in [-0.25, -0.2) is 4.79 Å². The summed E-state index contributed by atoms with van der Waals surface area (Å²) in [4.78, 5) is 96.0. The van der Waals surface area contributed by atoms with E-state index in [1.165, 1.54) is 9.80 Å². The van der Waals surface area contributed by atoms with E-state index in [1.807, 2.05) is 20.8 Å². The molecule has 15 nitrogen and oxygen atoms in total. The van der Waals surface area contributed by atoms with Gasteiger partial charge in [-0.05, 0) is 65.4 Å². The van der Waals surface area contributed by atoms with Crippen LogP contribution in [-0.4, -0.2) is 114 Å². The first-order valence-electron chi connectivity index (χ1n) is 18.0. The van der Waals surface area contributed by atoms with Gasteiger partial charge in [0.1, 0.15) is 23.7 Å². The van der Waals surface area contributed by atoms with E-state index in [-0.39, 0.29) is 18.9 Å². The van der Waals surface area contributed by atoms with Crippen molar-refractivity contribution in [3.8, 4) is 0 Å². The first kappa shape index (κ1) is 44.6. The van der Waals surface area contributed by atoms with Crippen LogP contribution in [0, 0.1) is 5.41 Å². The molecular formula is C38H60N6O9. The number of carbonyl (C=O) groups excluding carboxylic acids is 7. The number of ether oxygens (including phenoxy) is 2. The van der Waals surface area contributed by atoms with Crippen molar-refractivity contribution in [1.82, 2.24) is 31.1 Å². The highest BCUT2D eigenvalue weighted by atomic mass is 16.6. The second-order valence-corrected chi connectivity index (χ2v) is 16.5. The van der Waals surface area contributed by atoms with Crippen molar-refractivity contribution in [2.45, 2.75) is 130 Å². The van der Waals surface area contributed by atoms with Gasteiger partial charge < -0.3 is 40.5 Å². The Bertz CT molecular complexity index is 1480. The molecule has 1 heterocycles. The third-order valence-electron chi connectivity index (χ3n) is 8.14. The number of Topliss-reactive ketones (excluding diaryl/α,β-unsaturated/α-hetero) is 1. The molecule has 1 fully saturated rings. The van der Waals surface area contributed by atoms with E-state index in [0.717, 1.165) is 0 Å². The van der Waals surface area contributed by atoms with Crippen molar-refractivity contribution < 1.29 is 43.0 Å². The quantitative estimate of drug-likeness (QED) is 0.207. The van der Waals surface area contributed by atoms with Gasteiger partial charge in [-0.15, -0.1) is 0 Å². The zero-order valence-corrected chi connectivity index (χ0v) is 33.4. The lowest BCUT2D eigenvalue weighted by Gasteiger charge is -2.37. The number of benzene rings is 1. The Hall–Kier alpha value is -4.53. The zero-order chi connectivity index (χ0) is 40.5. The maximum atomic E-state index is 14.2. The first-order chi connectivity index (χ1) is 24.4. The standard InChI is InChI=1S/C38H60N6O9/c1-13-17-24(29(46)32(48)39-22-26(45)41-27(33(49)43(11)12)23-18-15-14-16-19-23)40-31(47)28-25(52-37(5,6)7)20-21-44(28)34(50)30(36(2,3)4)42-35(51)53-38(8,9)10/h14-16,18-19,24-25,27-28,30H,13,17,20-22H2,1-12H3,(H,39,48)(H,40,47)(H,41,45)(H,42,51)/t24-,25+,27?,28+,30-/m1/s1. The van der Waals surface area contributed by atoms with Gasteiger partial charge >= 0.3 is 6.09 Å². The van der Waals surface area contributed by atoms with Crippen LogP contribution in [0.1, 0.15) is 100 Å². The number of hydrogen-bond donors (Lipinski definition) is 4. The lowest BCUT2D eigenvalue weighted by Crippen LogP contribution is -2.61. The van der Waals surface area contributed by atoms with Crippen LogP contribution in [-0.2, 0) is 38.2 Å². The molecule has 6 amide bonds. The molecule has 1 aliphatic rings. The van der Waals surface area contributed by atoms with Crippen LogP contribution in [0.4, 0.5) is 4.79 Å². The van der Waals surface area contributed by atoms with Crippen molar-refractivity contribution in [3.63, 3.8) is 0 Å². The van der Waals surface area contributed by atoms with Crippen LogP contribution in [0.2, 0.25) is 0 Å². The van der Waals surface area contributed by atoms with Gasteiger partial charge in [-0.3, -0.25) is 28.8 Å². The molecule has 0 aliphatic carbocycles.